The Labute approximate surface area is 191 Å². The lowest BCUT2D eigenvalue weighted by atomic mass is 10.0. The Morgan fingerprint density at radius 2 is 1.79 bits per heavy atom. The summed E-state index contributed by atoms with van der Waals surface area (Å²) in [6.45, 7) is 2.35. The van der Waals surface area contributed by atoms with Crippen LogP contribution in [0.15, 0.2) is 60.7 Å². The third-order valence-electron chi connectivity index (χ3n) is 5.69. The third kappa shape index (κ3) is 4.26. The van der Waals surface area contributed by atoms with Gasteiger partial charge >= 0.3 is 12.1 Å². The molecule has 0 saturated carbocycles. The van der Waals surface area contributed by atoms with E-state index in [2.05, 4.69) is 0 Å². The number of halogens is 1. The second-order valence-corrected chi connectivity index (χ2v) is 7.76. The minimum atomic E-state index is -0.559. The summed E-state index contributed by atoms with van der Waals surface area (Å²) < 4.78 is 26.3. The van der Waals surface area contributed by atoms with E-state index in [0.29, 0.717) is 28.7 Å². The number of nitrogens with zero attached hydrogens (tertiary/aromatic N) is 2. The molecule has 0 aliphatic heterocycles. The molecule has 1 aromatic heterocycles. The molecule has 0 bridgehead atoms. The van der Waals surface area contributed by atoms with Gasteiger partial charge in [0.05, 0.1) is 20.3 Å². The Balaban J connectivity index is 1.95. The van der Waals surface area contributed by atoms with Crippen molar-refractivity contribution in [1.29, 1.82) is 0 Å². The van der Waals surface area contributed by atoms with Crippen LogP contribution in [0.1, 0.15) is 28.5 Å². The van der Waals surface area contributed by atoms with Crippen molar-refractivity contribution in [2.75, 3.05) is 20.8 Å². The van der Waals surface area contributed by atoms with Gasteiger partial charge in [-0.3, -0.25) is 0 Å². The van der Waals surface area contributed by atoms with Crippen LogP contribution in [0.5, 0.6) is 0 Å². The lowest BCUT2D eigenvalue weighted by molar-refractivity contribution is 0.0512. The SMILES string of the molecule is CCOC(=O)c1c(CN(C)C(=O)OC)c2cc(F)ccc2n1Cc1cccc2ccccc12. The molecule has 0 aliphatic rings. The van der Waals surface area contributed by atoms with Gasteiger partial charge in [0.1, 0.15) is 11.5 Å². The van der Waals surface area contributed by atoms with Crippen LogP contribution in [0.25, 0.3) is 21.7 Å². The van der Waals surface area contributed by atoms with Gasteiger partial charge in [0.15, 0.2) is 0 Å². The predicted molar refractivity (Wildman–Crippen MR) is 125 cm³/mol. The summed E-state index contributed by atoms with van der Waals surface area (Å²) in [4.78, 5) is 26.6. The summed E-state index contributed by atoms with van der Waals surface area (Å²) in [5, 5.41) is 2.70. The van der Waals surface area contributed by atoms with Gasteiger partial charge < -0.3 is 18.9 Å². The molecule has 3 aromatic carbocycles. The molecule has 0 unspecified atom stereocenters. The van der Waals surface area contributed by atoms with Crippen molar-refractivity contribution in [2.24, 2.45) is 0 Å². The molecule has 33 heavy (non-hydrogen) atoms. The van der Waals surface area contributed by atoms with Crippen molar-refractivity contribution >= 4 is 33.7 Å². The van der Waals surface area contributed by atoms with Crippen LogP contribution in [-0.2, 0) is 22.6 Å². The molecule has 4 rings (SSSR count). The number of hydrogen-bond acceptors (Lipinski definition) is 4. The molecule has 0 N–H and O–H groups in total. The van der Waals surface area contributed by atoms with Crippen LogP contribution in [0, 0.1) is 5.82 Å². The topological polar surface area (TPSA) is 60.8 Å². The van der Waals surface area contributed by atoms with Crippen LogP contribution in [0.4, 0.5) is 9.18 Å². The Hall–Kier alpha value is -3.87. The number of hydrogen-bond donors (Lipinski definition) is 0. The molecule has 0 saturated heterocycles. The van der Waals surface area contributed by atoms with Crippen molar-refractivity contribution in [3.8, 4) is 0 Å². The second kappa shape index (κ2) is 9.32. The van der Waals surface area contributed by atoms with Crippen LogP contribution >= 0.6 is 0 Å². The van der Waals surface area contributed by atoms with Crippen molar-refractivity contribution in [3.63, 3.8) is 0 Å². The van der Waals surface area contributed by atoms with E-state index in [1.54, 1.807) is 20.0 Å². The molecule has 0 atom stereocenters. The summed E-state index contributed by atoms with van der Waals surface area (Å²) in [6.07, 6.45) is -0.559. The molecule has 0 aliphatic carbocycles. The average molecular weight is 448 g/mol. The highest BCUT2D eigenvalue weighted by Gasteiger charge is 2.26. The van der Waals surface area contributed by atoms with Gasteiger partial charge in [0.2, 0.25) is 0 Å². The molecule has 7 heteroatoms. The van der Waals surface area contributed by atoms with Gasteiger partial charge in [0, 0.05) is 30.1 Å². The summed E-state index contributed by atoms with van der Waals surface area (Å²) in [5.41, 5.74) is 2.49. The maximum atomic E-state index is 14.3. The molecule has 1 heterocycles. The summed E-state index contributed by atoms with van der Waals surface area (Å²) in [7, 11) is 2.85. The van der Waals surface area contributed by atoms with Crippen molar-refractivity contribution in [3.05, 3.63) is 83.3 Å². The fraction of sp³-hybridized carbons (Fsp3) is 0.231. The Bertz CT molecular complexity index is 1340. The Kier molecular flexibility index (Phi) is 6.31. The van der Waals surface area contributed by atoms with E-state index in [1.807, 2.05) is 47.0 Å². The highest BCUT2D eigenvalue weighted by Crippen LogP contribution is 2.31. The summed E-state index contributed by atoms with van der Waals surface area (Å²) in [6, 6.07) is 18.4. The largest absolute Gasteiger partial charge is 0.461 e. The van der Waals surface area contributed by atoms with Gasteiger partial charge in [-0.25, -0.2) is 14.0 Å². The molecule has 1 amide bonds. The number of aromatic nitrogens is 1. The molecule has 6 nitrogen and oxygen atoms in total. The highest BCUT2D eigenvalue weighted by molar-refractivity contribution is 5.99. The number of rotatable bonds is 6. The lowest BCUT2D eigenvalue weighted by Crippen LogP contribution is -2.27. The number of amides is 1. The molecular formula is C26H25FN2O4. The van der Waals surface area contributed by atoms with E-state index in [9.17, 15) is 14.0 Å². The van der Waals surface area contributed by atoms with E-state index in [-0.39, 0.29) is 13.2 Å². The fourth-order valence-electron chi connectivity index (χ4n) is 4.21. The van der Waals surface area contributed by atoms with Crippen LogP contribution in [-0.4, -0.2) is 42.3 Å². The van der Waals surface area contributed by atoms with Crippen molar-refractivity contribution < 1.29 is 23.5 Å². The summed E-state index contributed by atoms with van der Waals surface area (Å²) in [5.74, 6) is -0.954. The minimum absolute atomic E-state index is 0.0588. The number of ether oxygens (including phenoxy) is 2. The first-order valence-corrected chi connectivity index (χ1v) is 10.7. The molecular weight excluding hydrogens is 423 g/mol. The van der Waals surface area contributed by atoms with Gasteiger partial charge in [-0.2, -0.15) is 0 Å². The number of methoxy groups -OCH3 is 1. The third-order valence-corrected chi connectivity index (χ3v) is 5.69. The lowest BCUT2D eigenvalue weighted by Gasteiger charge is -2.17. The second-order valence-electron chi connectivity index (χ2n) is 7.76. The van der Waals surface area contributed by atoms with Gasteiger partial charge in [-0.15, -0.1) is 0 Å². The highest BCUT2D eigenvalue weighted by atomic mass is 19.1. The monoisotopic (exact) mass is 448 g/mol. The van der Waals surface area contributed by atoms with E-state index in [4.69, 9.17) is 9.47 Å². The Morgan fingerprint density at radius 3 is 2.55 bits per heavy atom. The van der Waals surface area contributed by atoms with Gasteiger partial charge in [0.25, 0.3) is 0 Å². The Morgan fingerprint density at radius 1 is 1.03 bits per heavy atom. The molecule has 0 radical (unpaired) electrons. The number of benzene rings is 3. The number of esters is 1. The molecule has 4 aromatic rings. The first kappa shape index (κ1) is 22.3. The maximum Gasteiger partial charge on any atom is 0.409 e. The maximum absolute atomic E-state index is 14.3. The zero-order valence-electron chi connectivity index (χ0n) is 18.8. The van der Waals surface area contributed by atoms with Crippen molar-refractivity contribution in [2.45, 2.75) is 20.0 Å². The fourth-order valence-corrected chi connectivity index (χ4v) is 4.21. The predicted octanol–water partition coefficient (Wildman–Crippen LogP) is 5.36. The van der Waals surface area contributed by atoms with E-state index in [0.717, 1.165) is 16.3 Å². The van der Waals surface area contributed by atoms with Crippen LogP contribution < -0.4 is 0 Å². The number of carbonyl (C=O) groups excluding carboxylic acids is 2. The summed E-state index contributed by atoms with van der Waals surface area (Å²) >= 11 is 0. The molecule has 170 valence electrons. The molecule has 0 spiro atoms. The smallest absolute Gasteiger partial charge is 0.409 e. The zero-order chi connectivity index (χ0) is 23.5. The van der Waals surface area contributed by atoms with Crippen LogP contribution in [0.3, 0.4) is 0 Å². The average Bonchev–Trinajstić information content (AvgIpc) is 3.11. The first-order chi connectivity index (χ1) is 15.9. The normalized spacial score (nSPS) is 11.0. The number of fused-ring (bicyclic) bond motifs is 2. The standard InChI is InChI=1S/C26H25FN2O4/c1-4-33-25(30)24-22(16-28(2)26(31)32-3)21-14-19(27)12-13-23(21)29(24)15-18-10-7-9-17-8-5-6-11-20(17)18/h5-14H,4,15-16H2,1-3H3. The quantitative estimate of drug-likeness (QED) is 0.373. The van der Waals surface area contributed by atoms with E-state index in [1.165, 1.54) is 24.1 Å². The van der Waals surface area contributed by atoms with E-state index >= 15 is 0 Å². The van der Waals surface area contributed by atoms with Crippen molar-refractivity contribution in [1.82, 2.24) is 9.47 Å². The number of carbonyl (C=O) groups is 2. The van der Waals surface area contributed by atoms with Gasteiger partial charge in [-0.1, -0.05) is 42.5 Å². The minimum Gasteiger partial charge on any atom is -0.461 e. The molecule has 0 fully saturated rings. The zero-order valence-corrected chi connectivity index (χ0v) is 18.8. The van der Waals surface area contributed by atoms with E-state index < -0.39 is 17.9 Å². The van der Waals surface area contributed by atoms with Crippen LogP contribution in [0.2, 0.25) is 0 Å². The first-order valence-electron chi connectivity index (χ1n) is 10.7. The van der Waals surface area contributed by atoms with Gasteiger partial charge in [-0.05, 0) is 41.5 Å².